The summed E-state index contributed by atoms with van der Waals surface area (Å²) in [6.45, 7) is 6.36. The van der Waals surface area contributed by atoms with Crippen LogP contribution in [0, 0.1) is 0 Å². The first-order chi connectivity index (χ1) is 22.5. The summed E-state index contributed by atoms with van der Waals surface area (Å²) in [7, 11) is -1.56. The smallest absolute Gasteiger partial charge is 0.338 e. The van der Waals surface area contributed by atoms with Crippen molar-refractivity contribution < 1.29 is 28.2 Å². The van der Waals surface area contributed by atoms with Gasteiger partial charge in [0.15, 0.2) is 23.1 Å². The molecule has 4 atom stereocenters. The van der Waals surface area contributed by atoms with Crippen molar-refractivity contribution in [2.24, 2.45) is 0 Å². The Bertz CT molecular complexity index is 1820. The number of benzene rings is 3. The summed E-state index contributed by atoms with van der Waals surface area (Å²) in [5, 5.41) is 10.7. The van der Waals surface area contributed by atoms with Crippen LogP contribution in [0.25, 0.3) is 11.2 Å². The predicted molar refractivity (Wildman–Crippen MR) is 183 cm³/mol. The largest absolute Gasteiger partial charge is 0.497 e. The molecule has 3 heterocycles. The van der Waals surface area contributed by atoms with Crippen molar-refractivity contribution in [1.29, 1.82) is 0 Å². The van der Waals surface area contributed by atoms with Gasteiger partial charge in [-0.2, -0.15) is 0 Å². The first-order valence-corrected chi connectivity index (χ1v) is 18.1. The van der Waals surface area contributed by atoms with Gasteiger partial charge in [0.2, 0.25) is 5.06 Å². The van der Waals surface area contributed by atoms with E-state index in [0.29, 0.717) is 5.75 Å². The Morgan fingerprint density at radius 3 is 2.19 bits per heavy atom. The van der Waals surface area contributed by atoms with Gasteiger partial charge in [-0.25, -0.2) is 24.1 Å². The molecule has 244 valence electrons. The summed E-state index contributed by atoms with van der Waals surface area (Å²) in [6, 6.07) is 26.4. The summed E-state index contributed by atoms with van der Waals surface area (Å²) in [4.78, 5) is 25.8. The number of nitrogens with zero attached hydrogens (tertiary/aromatic N) is 4. The van der Waals surface area contributed by atoms with Crippen molar-refractivity contribution in [3.8, 4) is 5.75 Å². The number of thioether (sulfide) groups is 1. The lowest BCUT2D eigenvalue weighted by atomic mass is 10.1. The molecule has 6 rings (SSSR count). The molecule has 3 aromatic carbocycles. The van der Waals surface area contributed by atoms with Crippen molar-refractivity contribution in [2.75, 3.05) is 13.7 Å². The van der Waals surface area contributed by atoms with Crippen molar-refractivity contribution in [3.63, 3.8) is 0 Å². The second-order valence-corrected chi connectivity index (χ2v) is 18.3. The number of fused-ring (bicyclic) bond motifs is 1. The van der Waals surface area contributed by atoms with E-state index in [1.165, 1.54) is 36.5 Å². The molecule has 0 bridgehead atoms. The van der Waals surface area contributed by atoms with E-state index in [9.17, 15) is 9.90 Å². The molecular formula is C34H34ClFN4O5SSi. The number of carbonyl (C=O) groups excluding carboxylic acids is 1. The average molecular weight is 693 g/mol. The van der Waals surface area contributed by atoms with E-state index in [2.05, 4.69) is 60.0 Å². The standard InChI is InChI=1S/C34H34ClFN4O5SSi/c1-33(2,3)47(24-11-7-5-8-12-24,25-13-9-6-10-14-25)44-19-26-28(45-32(41)22-15-17-23(43-4)18-16-22)29(36)34(42,46-26)40-21-39-31-27(40)30(35)37-20-38-31/h5-18,20-21,26,28-29,42H,19H2,1-4H3/t26-,28-,29-,34?/m1/s1. The van der Waals surface area contributed by atoms with Crippen LogP contribution in [0.5, 0.6) is 5.75 Å². The van der Waals surface area contributed by atoms with E-state index in [1.54, 1.807) is 12.1 Å². The van der Waals surface area contributed by atoms with Crippen LogP contribution in [0.2, 0.25) is 10.2 Å². The van der Waals surface area contributed by atoms with Crippen molar-refractivity contribution in [3.05, 3.63) is 108 Å². The molecule has 1 saturated heterocycles. The molecule has 0 saturated carbocycles. The maximum Gasteiger partial charge on any atom is 0.338 e. The van der Waals surface area contributed by atoms with Crippen LogP contribution in [-0.4, -0.2) is 70.2 Å². The van der Waals surface area contributed by atoms with Gasteiger partial charge in [0.05, 0.1) is 24.5 Å². The lowest BCUT2D eigenvalue weighted by Gasteiger charge is -2.43. The third-order valence-corrected chi connectivity index (χ3v) is 15.2. The Morgan fingerprint density at radius 1 is 1.00 bits per heavy atom. The minimum atomic E-state index is -3.08. The highest BCUT2D eigenvalue weighted by molar-refractivity contribution is 8.00. The summed E-state index contributed by atoms with van der Waals surface area (Å²) in [5.41, 5.74) is 0.542. The van der Waals surface area contributed by atoms with Gasteiger partial charge in [-0.05, 0) is 39.7 Å². The molecule has 1 unspecified atom stereocenters. The minimum Gasteiger partial charge on any atom is -0.497 e. The van der Waals surface area contributed by atoms with Gasteiger partial charge < -0.3 is 19.0 Å². The number of methoxy groups -OCH3 is 1. The zero-order valence-corrected chi connectivity index (χ0v) is 28.8. The van der Waals surface area contributed by atoms with Gasteiger partial charge in [0, 0.05) is 0 Å². The molecule has 1 N–H and O–H groups in total. The van der Waals surface area contributed by atoms with Crippen molar-refractivity contribution >= 4 is 59.2 Å². The fourth-order valence-electron chi connectivity index (χ4n) is 6.16. The molecule has 13 heteroatoms. The molecule has 9 nitrogen and oxygen atoms in total. The summed E-state index contributed by atoms with van der Waals surface area (Å²) >= 11 is 7.28. The second kappa shape index (κ2) is 13.0. The van der Waals surface area contributed by atoms with E-state index < -0.39 is 36.9 Å². The van der Waals surface area contributed by atoms with Crippen molar-refractivity contribution in [1.82, 2.24) is 19.5 Å². The molecular weight excluding hydrogens is 659 g/mol. The Morgan fingerprint density at radius 2 is 1.62 bits per heavy atom. The normalized spacial score (nSPS) is 21.6. The van der Waals surface area contributed by atoms with Crippen LogP contribution < -0.4 is 15.1 Å². The van der Waals surface area contributed by atoms with Gasteiger partial charge in [-0.15, -0.1) is 0 Å². The molecule has 1 aliphatic rings. The van der Waals surface area contributed by atoms with Gasteiger partial charge in [-0.1, -0.05) is 105 Å². The SMILES string of the molecule is COc1ccc(C(=O)O[C@H]2[C@@H](F)C(O)(n3cnc4ncnc(Cl)c43)S[C@@H]2CO[Si](c2ccccc2)(c2ccccc2)C(C)(C)C)cc1. The van der Waals surface area contributed by atoms with Crippen molar-refractivity contribution in [2.45, 2.75) is 48.4 Å². The third-order valence-electron chi connectivity index (χ3n) is 8.43. The monoisotopic (exact) mass is 692 g/mol. The number of carbonyl (C=O) groups is 1. The van der Waals surface area contributed by atoms with E-state index in [0.717, 1.165) is 22.1 Å². The number of hydrogen-bond donors (Lipinski definition) is 1. The number of rotatable bonds is 9. The topological polar surface area (TPSA) is 109 Å². The number of esters is 1. The predicted octanol–water partition coefficient (Wildman–Crippen LogP) is 5.35. The van der Waals surface area contributed by atoms with Gasteiger partial charge in [0.25, 0.3) is 8.32 Å². The van der Waals surface area contributed by atoms with E-state index >= 15 is 4.39 Å². The van der Waals surface area contributed by atoms with Crippen LogP contribution in [0.1, 0.15) is 31.1 Å². The number of halogens is 2. The zero-order chi connectivity index (χ0) is 33.4. The average Bonchev–Trinajstić information content (AvgIpc) is 3.62. The zero-order valence-electron chi connectivity index (χ0n) is 26.2. The van der Waals surface area contributed by atoms with E-state index in [-0.39, 0.29) is 33.5 Å². The summed E-state index contributed by atoms with van der Waals surface area (Å²) < 4.78 is 36.3. The second-order valence-electron chi connectivity index (χ2n) is 12.2. The van der Waals surface area contributed by atoms with Gasteiger partial charge in [0.1, 0.15) is 23.9 Å². The number of hydrogen-bond acceptors (Lipinski definition) is 9. The number of alkyl halides is 1. The fourth-order valence-corrected chi connectivity index (χ4v) is 12.5. The first-order valence-electron chi connectivity index (χ1n) is 15.0. The maximum atomic E-state index is 16.9. The number of aromatic nitrogens is 4. The quantitative estimate of drug-likeness (QED) is 0.124. The van der Waals surface area contributed by atoms with Crippen LogP contribution in [-0.2, 0) is 14.2 Å². The van der Waals surface area contributed by atoms with Gasteiger partial charge >= 0.3 is 5.97 Å². The number of aliphatic hydroxyl groups is 1. The Labute approximate surface area is 282 Å². The maximum absolute atomic E-state index is 16.9. The highest BCUT2D eigenvalue weighted by atomic mass is 35.5. The molecule has 1 aliphatic heterocycles. The molecule has 2 aromatic heterocycles. The van der Waals surface area contributed by atoms with Crippen LogP contribution in [0.4, 0.5) is 4.39 Å². The van der Waals surface area contributed by atoms with Crippen LogP contribution in [0.15, 0.2) is 97.6 Å². The molecule has 0 amide bonds. The highest BCUT2D eigenvalue weighted by Gasteiger charge is 2.60. The molecule has 5 aromatic rings. The Balaban J connectivity index is 1.41. The minimum absolute atomic E-state index is 0.00693. The number of imidazole rings is 1. The van der Waals surface area contributed by atoms with Crippen LogP contribution >= 0.6 is 23.4 Å². The number of ether oxygens (including phenoxy) is 2. The molecule has 0 aliphatic carbocycles. The molecule has 1 fully saturated rings. The Hall–Kier alpha value is -3.81. The third kappa shape index (κ3) is 5.93. The lowest BCUT2D eigenvalue weighted by molar-refractivity contribution is -0.0665. The highest BCUT2D eigenvalue weighted by Crippen LogP contribution is 2.50. The van der Waals surface area contributed by atoms with Gasteiger partial charge in [-0.3, -0.25) is 4.57 Å². The van der Waals surface area contributed by atoms with E-state index in [4.69, 9.17) is 25.5 Å². The van der Waals surface area contributed by atoms with Crippen LogP contribution in [0.3, 0.4) is 0 Å². The fraction of sp³-hybridized carbons (Fsp3) is 0.294. The summed E-state index contributed by atoms with van der Waals surface area (Å²) in [6.07, 6.45) is -1.03. The summed E-state index contributed by atoms with van der Waals surface area (Å²) in [5.74, 6) is -0.198. The first kappa shape index (κ1) is 33.1. The van der Waals surface area contributed by atoms with E-state index in [1.807, 2.05) is 36.4 Å². The molecule has 0 radical (unpaired) electrons. The molecule has 47 heavy (non-hydrogen) atoms. The Kier molecular flexibility index (Phi) is 9.16. The lowest BCUT2D eigenvalue weighted by Crippen LogP contribution is -2.67. The molecule has 0 spiro atoms.